The summed E-state index contributed by atoms with van der Waals surface area (Å²) in [5.74, 6) is -0.871. The summed E-state index contributed by atoms with van der Waals surface area (Å²) in [5, 5.41) is 3.35. The first kappa shape index (κ1) is 12.9. The van der Waals surface area contributed by atoms with Crippen molar-refractivity contribution in [1.82, 2.24) is 0 Å². The molecule has 0 saturated carbocycles. The second-order valence-corrected chi connectivity index (χ2v) is 4.41. The van der Waals surface area contributed by atoms with Gasteiger partial charge in [0.25, 0.3) is 5.91 Å². The van der Waals surface area contributed by atoms with Gasteiger partial charge in [-0.2, -0.15) is 0 Å². The van der Waals surface area contributed by atoms with Gasteiger partial charge in [-0.25, -0.2) is 4.39 Å². The SMILES string of the molecule is O=C(Nc1ccc(Cl)c(Cl)c1)c1cccc(F)c1. The Bertz CT molecular complexity index is 601. The number of rotatable bonds is 2. The minimum atomic E-state index is -0.461. The maximum Gasteiger partial charge on any atom is 0.255 e. The lowest BCUT2D eigenvalue weighted by Crippen LogP contribution is -2.11. The molecule has 2 aromatic rings. The van der Waals surface area contributed by atoms with Crippen LogP contribution in [0.1, 0.15) is 10.4 Å². The largest absolute Gasteiger partial charge is 0.322 e. The molecule has 2 nitrogen and oxygen atoms in total. The maximum absolute atomic E-state index is 13.0. The molecule has 1 amide bonds. The molecule has 0 aromatic heterocycles. The van der Waals surface area contributed by atoms with E-state index in [-0.39, 0.29) is 5.56 Å². The fourth-order valence-electron chi connectivity index (χ4n) is 1.41. The summed E-state index contributed by atoms with van der Waals surface area (Å²) in [4.78, 5) is 11.8. The van der Waals surface area contributed by atoms with E-state index in [0.29, 0.717) is 15.7 Å². The molecule has 2 rings (SSSR count). The van der Waals surface area contributed by atoms with Crippen molar-refractivity contribution in [2.24, 2.45) is 0 Å². The Morgan fingerprint density at radius 3 is 2.50 bits per heavy atom. The Balaban J connectivity index is 2.18. The van der Waals surface area contributed by atoms with Crippen molar-refractivity contribution < 1.29 is 9.18 Å². The standard InChI is InChI=1S/C13H8Cl2FNO/c14-11-5-4-10(7-12(11)15)17-13(18)8-2-1-3-9(16)6-8/h1-7H,(H,17,18). The Morgan fingerprint density at radius 2 is 1.83 bits per heavy atom. The summed E-state index contributed by atoms with van der Waals surface area (Å²) in [6, 6.07) is 10.1. The van der Waals surface area contributed by atoms with Crippen LogP contribution in [0.3, 0.4) is 0 Å². The van der Waals surface area contributed by atoms with E-state index in [0.717, 1.165) is 6.07 Å². The molecule has 0 aliphatic rings. The third kappa shape index (κ3) is 3.00. The number of carbonyl (C=O) groups excluding carboxylic acids is 1. The molecule has 0 aliphatic heterocycles. The van der Waals surface area contributed by atoms with E-state index < -0.39 is 11.7 Å². The highest BCUT2D eigenvalue weighted by atomic mass is 35.5. The van der Waals surface area contributed by atoms with Gasteiger partial charge in [-0.15, -0.1) is 0 Å². The third-order valence-electron chi connectivity index (χ3n) is 2.26. The summed E-state index contributed by atoms with van der Waals surface area (Å²) < 4.78 is 13.0. The van der Waals surface area contributed by atoms with Crippen LogP contribution >= 0.6 is 23.2 Å². The van der Waals surface area contributed by atoms with E-state index in [1.807, 2.05) is 0 Å². The van der Waals surface area contributed by atoms with Gasteiger partial charge in [-0.1, -0.05) is 29.3 Å². The van der Waals surface area contributed by atoms with Gasteiger partial charge in [-0.3, -0.25) is 4.79 Å². The molecule has 92 valence electrons. The topological polar surface area (TPSA) is 29.1 Å². The van der Waals surface area contributed by atoms with Gasteiger partial charge in [0.15, 0.2) is 0 Å². The summed E-state index contributed by atoms with van der Waals surface area (Å²) in [6.45, 7) is 0. The third-order valence-corrected chi connectivity index (χ3v) is 3.00. The number of benzene rings is 2. The van der Waals surface area contributed by atoms with Crippen molar-refractivity contribution in [2.75, 3.05) is 5.32 Å². The van der Waals surface area contributed by atoms with Crippen LogP contribution in [0, 0.1) is 5.82 Å². The zero-order valence-corrected chi connectivity index (χ0v) is 10.6. The molecular weight excluding hydrogens is 276 g/mol. The molecule has 0 spiro atoms. The predicted molar refractivity (Wildman–Crippen MR) is 70.8 cm³/mol. The molecule has 0 unspecified atom stereocenters. The van der Waals surface area contributed by atoms with Gasteiger partial charge in [0.1, 0.15) is 5.82 Å². The molecule has 5 heteroatoms. The highest BCUT2D eigenvalue weighted by molar-refractivity contribution is 6.42. The first-order valence-electron chi connectivity index (χ1n) is 5.08. The van der Waals surface area contributed by atoms with E-state index in [1.165, 1.54) is 24.3 Å². The molecule has 0 aliphatic carbocycles. The van der Waals surface area contributed by atoms with Crippen LogP contribution in [-0.2, 0) is 0 Å². The van der Waals surface area contributed by atoms with E-state index >= 15 is 0 Å². The number of hydrogen-bond donors (Lipinski definition) is 1. The number of nitrogens with one attached hydrogen (secondary N) is 1. The van der Waals surface area contributed by atoms with Gasteiger partial charge < -0.3 is 5.32 Å². The zero-order valence-electron chi connectivity index (χ0n) is 9.08. The Hall–Kier alpha value is -1.58. The van der Waals surface area contributed by atoms with Crippen molar-refractivity contribution in [3.63, 3.8) is 0 Å². The summed E-state index contributed by atoms with van der Waals surface area (Å²) in [7, 11) is 0. The summed E-state index contributed by atoms with van der Waals surface area (Å²) in [5.41, 5.74) is 0.736. The van der Waals surface area contributed by atoms with E-state index in [9.17, 15) is 9.18 Å². The molecule has 0 atom stereocenters. The minimum Gasteiger partial charge on any atom is -0.322 e. The fourth-order valence-corrected chi connectivity index (χ4v) is 1.70. The van der Waals surface area contributed by atoms with Crippen LogP contribution in [0.15, 0.2) is 42.5 Å². The van der Waals surface area contributed by atoms with Crippen molar-refractivity contribution in [3.05, 3.63) is 63.9 Å². The lowest BCUT2D eigenvalue weighted by atomic mass is 10.2. The molecule has 0 radical (unpaired) electrons. The van der Waals surface area contributed by atoms with E-state index in [4.69, 9.17) is 23.2 Å². The number of anilines is 1. The minimum absolute atomic E-state index is 0.237. The maximum atomic E-state index is 13.0. The van der Waals surface area contributed by atoms with Gasteiger partial charge >= 0.3 is 0 Å². The molecule has 2 aromatic carbocycles. The van der Waals surface area contributed by atoms with E-state index in [2.05, 4.69) is 5.32 Å². The number of amides is 1. The monoisotopic (exact) mass is 283 g/mol. The molecular formula is C13H8Cl2FNO. The quantitative estimate of drug-likeness (QED) is 0.870. The van der Waals surface area contributed by atoms with Crippen molar-refractivity contribution in [3.8, 4) is 0 Å². The molecule has 0 heterocycles. The molecule has 0 saturated heterocycles. The smallest absolute Gasteiger partial charge is 0.255 e. The lowest BCUT2D eigenvalue weighted by molar-refractivity contribution is 0.102. The van der Waals surface area contributed by atoms with Gasteiger partial charge in [-0.05, 0) is 36.4 Å². The predicted octanol–water partition coefficient (Wildman–Crippen LogP) is 4.38. The Morgan fingerprint density at radius 1 is 1.06 bits per heavy atom. The molecule has 0 bridgehead atoms. The van der Waals surface area contributed by atoms with Crippen LogP contribution in [-0.4, -0.2) is 5.91 Å². The van der Waals surface area contributed by atoms with Crippen LogP contribution in [0.5, 0.6) is 0 Å². The van der Waals surface area contributed by atoms with Crippen molar-refractivity contribution in [2.45, 2.75) is 0 Å². The van der Waals surface area contributed by atoms with Gasteiger partial charge in [0.05, 0.1) is 10.0 Å². The Kier molecular flexibility index (Phi) is 3.84. The van der Waals surface area contributed by atoms with Crippen LogP contribution in [0.4, 0.5) is 10.1 Å². The normalized spacial score (nSPS) is 10.2. The van der Waals surface area contributed by atoms with E-state index in [1.54, 1.807) is 12.1 Å². The molecule has 1 N–H and O–H groups in total. The molecule has 0 fully saturated rings. The molecule has 18 heavy (non-hydrogen) atoms. The second-order valence-electron chi connectivity index (χ2n) is 3.59. The fraction of sp³-hybridized carbons (Fsp3) is 0. The summed E-state index contributed by atoms with van der Waals surface area (Å²) in [6.07, 6.45) is 0. The zero-order chi connectivity index (χ0) is 13.1. The summed E-state index contributed by atoms with van der Waals surface area (Å²) >= 11 is 11.6. The van der Waals surface area contributed by atoms with Crippen molar-refractivity contribution >= 4 is 34.8 Å². The average Bonchev–Trinajstić information content (AvgIpc) is 2.34. The first-order valence-corrected chi connectivity index (χ1v) is 5.84. The second kappa shape index (κ2) is 5.38. The number of carbonyl (C=O) groups is 1. The lowest BCUT2D eigenvalue weighted by Gasteiger charge is -2.06. The van der Waals surface area contributed by atoms with Crippen LogP contribution in [0.25, 0.3) is 0 Å². The van der Waals surface area contributed by atoms with Gasteiger partial charge in [0, 0.05) is 11.3 Å². The number of halogens is 3. The first-order chi connectivity index (χ1) is 8.56. The highest BCUT2D eigenvalue weighted by Gasteiger charge is 2.07. The average molecular weight is 284 g/mol. The Labute approximate surface area is 113 Å². The van der Waals surface area contributed by atoms with Gasteiger partial charge in [0.2, 0.25) is 0 Å². The van der Waals surface area contributed by atoms with Crippen LogP contribution in [0.2, 0.25) is 10.0 Å². The van der Waals surface area contributed by atoms with Crippen LogP contribution < -0.4 is 5.32 Å². The highest BCUT2D eigenvalue weighted by Crippen LogP contribution is 2.25. The number of hydrogen-bond acceptors (Lipinski definition) is 1. The van der Waals surface area contributed by atoms with Crippen molar-refractivity contribution in [1.29, 1.82) is 0 Å².